The molecule has 11 rings (SSSR count). The van der Waals surface area contributed by atoms with Crippen LogP contribution in [0.5, 0.6) is 0 Å². The lowest BCUT2D eigenvalue weighted by molar-refractivity contribution is 0.660. The predicted molar refractivity (Wildman–Crippen MR) is 249 cm³/mol. The first-order chi connectivity index (χ1) is 28.1. The van der Waals surface area contributed by atoms with E-state index in [-0.39, 0.29) is 10.8 Å². The SMILES string of the molecule is CN(c1ccc2c(c1)C(C)(C)c1ccccc1-2)c1cccc2cc(-c3ccc4c(c3)C(C)(C)c3cc(N(C)c5cc6ccccc6c6ccccc56)ccc3-4)ccc12. The van der Waals surface area contributed by atoms with Gasteiger partial charge in [0.25, 0.3) is 0 Å². The van der Waals surface area contributed by atoms with Crippen molar-refractivity contribution in [3.8, 4) is 33.4 Å². The van der Waals surface area contributed by atoms with E-state index in [1.807, 2.05) is 0 Å². The molecule has 0 saturated heterocycles. The molecule has 0 aliphatic heterocycles. The molecule has 2 aliphatic rings. The molecule has 0 heterocycles. The molecule has 0 atom stereocenters. The average Bonchev–Trinajstić information content (AvgIpc) is 3.63. The van der Waals surface area contributed by atoms with Gasteiger partial charge in [0.05, 0.1) is 0 Å². The third kappa shape index (κ3) is 4.97. The van der Waals surface area contributed by atoms with Crippen LogP contribution in [0.25, 0.3) is 65.7 Å². The first-order valence-electron chi connectivity index (χ1n) is 20.5. The third-order valence-electron chi connectivity index (χ3n) is 13.7. The highest BCUT2D eigenvalue weighted by atomic mass is 15.1. The minimum Gasteiger partial charge on any atom is -0.344 e. The summed E-state index contributed by atoms with van der Waals surface area (Å²) >= 11 is 0. The molecule has 0 aromatic heterocycles. The summed E-state index contributed by atoms with van der Waals surface area (Å²) in [5.41, 5.74) is 18.1. The summed E-state index contributed by atoms with van der Waals surface area (Å²) in [5.74, 6) is 0. The van der Waals surface area contributed by atoms with Gasteiger partial charge < -0.3 is 9.80 Å². The number of hydrogen-bond donors (Lipinski definition) is 0. The monoisotopic (exact) mass is 746 g/mol. The fraction of sp³-hybridized carbons (Fsp3) is 0.143. The van der Waals surface area contributed by atoms with Gasteiger partial charge >= 0.3 is 0 Å². The summed E-state index contributed by atoms with van der Waals surface area (Å²) in [5, 5.41) is 7.60. The van der Waals surface area contributed by atoms with Gasteiger partial charge in [-0.3, -0.25) is 0 Å². The Labute approximate surface area is 341 Å². The quantitative estimate of drug-likeness (QED) is 0.162. The molecule has 58 heavy (non-hydrogen) atoms. The highest BCUT2D eigenvalue weighted by Crippen LogP contribution is 2.52. The minimum absolute atomic E-state index is 0.0336. The zero-order valence-electron chi connectivity index (χ0n) is 34.1. The van der Waals surface area contributed by atoms with E-state index >= 15 is 0 Å². The van der Waals surface area contributed by atoms with E-state index < -0.39 is 0 Å². The fourth-order valence-electron chi connectivity index (χ4n) is 10.3. The molecule has 0 radical (unpaired) electrons. The van der Waals surface area contributed by atoms with Crippen molar-refractivity contribution in [1.82, 2.24) is 0 Å². The van der Waals surface area contributed by atoms with Crippen LogP contribution in [0.1, 0.15) is 49.9 Å². The van der Waals surface area contributed by atoms with E-state index in [0.29, 0.717) is 0 Å². The van der Waals surface area contributed by atoms with E-state index in [2.05, 4.69) is 221 Å². The summed E-state index contributed by atoms with van der Waals surface area (Å²) in [6.45, 7) is 9.48. The maximum atomic E-state index is 2.44. The summed E-state index contributed by atoms with van der Waals surface area (Å²) in [6, 6.07) is 63.6. The van der Waals surface area contributed by atoms with Crippen molar-refractivity contribution in [3.05, 3.63) is 192 Å². The van der Waals surface area contributed by atoms with Gasteiger partial charge in [-0.1, -0.05) is 149 Å². The van der Waals surface area contributed by atoms with E-state index in [4.69, 9.17) is 0 Å². The second-order valence-electron chi connectivity index (χ2n) is 17.5. The van der Waals surface area contributed by atoms with Crippen LogP contribution < -0.4 is 9.80 Å². The van der Waals surface area contributed by atoms with Crippen molar-refractivity contribution >= 4 is 55.1 Å². The van der Waals surface area contributed by atoms with Crippen molar-refractivity contribution in [3.63, 3.8) is 0 Å². The van der Waals surface area contributed by atoms with Crippen molar-refractivity contribution < 1.29 is 0 Å². The smallest absolute Gasteiger partial charge is 0.0494 e. The molecule has 0 N–H and O–H groups in total. The van der Waals surface area contributed by atoms with Crippen LogP contribution in [-0.4, -0.2) is 14.1 Å². The average molecular weight is 747 g/mol. The van der Waals surface area contributed by atoms with Gasteiger partial charge in [0, 0.05) is 58.4 Å². The lowest BCUT2D eigenvalue weighted by Gasteiger charge is -2.26. The van der Waals surface area contributed by atoms with E-state index in [1.165, 1.54) is 111 Å². The van der Waals surface area contributed by atoms with Gasteiger partial charge in [-0.05, 0) is 126 Å². The summed E-state index contributed by atoms with van der Waals surface area (Å²) < 4.78 is 0. The topological polar surface area (TPSA) is 6.48 Å². The van der Waals surface area contributed by atoms with Gasteiger partial charge in [0.2, 0.25) is 0 Å². The first kappa shape index (κ1) is 34.6. The molecular formula is C56H46N2. The standard InChI is InChI=1S/C56H46N2/c1-55(2)49-20-12-11-18-44(49)46-28-24-39(33-51(46)55)57(5)53-21-13-15-37-30-35(22-26-42(37)53)36-23-27-45-47-29-25-40(34-52(47)56(3,4)50(45)31-36)58(6)54-32-38-14-7-8-16-41(38)43-17-9-10-19-48(43)54/h7-34H,1-6H3. The fourth-order valence-corrected chi connectivity index (χ4v) is 10.3. The predicted octanol–water partition coefficient (Wildman–Crippen LogP) is 15.0. The molecule has 9 aromatic carbocycles. The molecule has 2 aliphatic carbocycles. The zero-order valence-corrected chi connectivity index (χ0v) is 34.1. The zero-order chi connectivity index (χ0) is 39.5. The maximum Gasteiger partial charge on any atom is 0.0494 e. The Hall–Kier alpha value is -6.64. The maximum absolute atomic E-state index is 2.44. The van der Waals surface area contributed by atoms with Gasteiger partial charge in [0.1, 0.15) is 0 Å². The van der Waals surface area contributed by atoms with E-state index in [0.717, 1.165) is 0 Å². The largest absolute Gasteiger partial charge is 0.344 e. The van der Waals surface area contributed by atoms with Gasteiger partial charge in [-0.2, -0.15) is 0 Å². The minimum atomic E-state index is -0.151. The molecular weight excluding hydrogens is 701 g/mol. The second-order valence-corrected chi connectivity index (χ2v) is 17.5. The summed E-state index contributed by atoms with van der Waals surface area (Å²) in [7, 11) is 4.41. The number of fused-ring (bicyclic) bond motifs is 10. The van der Waals surface area contributed by atoms with Gasteiger partial charge in [-0.15, -0.1) is 0 Å². The number of hydrogen-bond acceptors (Lipinski definition) is 2. The Morgan fingerprint density at radius 3 is 1.57 bits per heavy atom. The number of benzene rings is 9. The Morgan fingerprint density at radius 1 is 0.328 bits per heavy atom. The van der Waals surface area contributed by atoms with Gasteiger partial charge in [0.15, 0.2) is 0 Å². The van der Waals surface area contributed by atoms with E-state index in [1.54, 1.807) is 0 Å². The highest BCUT2D eigenvalue weighted by molar-refractivity contribution is 6.13. The lowest BCUT2D eigenvalue weighted by Crippen LogP contribution is -2.16. The molecule has 0 bridgehead atoms. The molecule has 280 valence electrons. The van der Waals surface area contributed by atoms with Crippen LogP contribution in [0.3, 0.4) is 0 Å². The molecule has 0 saturated carbocycles. The number of nitrogens with zero attached hydrogens (tertiary/aromatic N) is 2. The number of anilines is 4. The Morgan fingerprint density at radius 2 is 0.828 bits per heavy atom. The molecule has 2 nitrogen and oxygen atoms in total. The normalized spacial score (nSPS) is 14.3. The highest BCUT2D eigenvalue weighted by Gasteiger charge is 2.37. The van der Waals surface area contributed by atoms with Crippen molar-refractivity contribution in [1.29, 1.82) is 0 Å². The second kappa shape index (κ2) is 12.4. The Balaban J connectivity index is 0.916. The molecule has 9 aromatic rings. The first-order valence-corrected chi connectivity index (χ1v) is 20.5. The Bertz CT molecular complexity index is 3160. The summed E-state index contributed by atoms with van der Waals surface area (Å²) in [4.78, 5) is 4.72. The molecule has 0 unspecified atom stereocenters. The summed E-state index contributed by atoms with van der Waals surface area (Å²) in [6.07, 6.45) is 0. The van der Waals surface area contributed by atoms with Crippen LogP contribution >= 0.6 is 0 Å². The molecule has 0 amide bonds. The molecule has 0 spiro atoms. The van der Waals surface area contributed by atoms with Crippen molar-refractivity contribution in [2.75, 3.05) is 23.9 Å². The molecule has 2 heteroatoms. The van der Waals surface area contributed by atoms with Crippen LogP contribution in [0.4, 0.5) is 22.7 Å². The van der Waals surface area contributed by atoms with Crippen LogP contribution in [0.2, 0.25) is 0 Å². The third-order valence-corrected chi connectivity index (χ3v) is 13.7. The number of rotatable bonds is 5. The van der Waals surface area contributed by atoms with Crippen molar-refractivity contribution in [2.24, 2.45) is 0 Å². The van der Waals surface area contributed by atoms with Gasteiger partial charge in [-0.25, -0.2) is 0 Å². The van der Waals surface area contributed by atoms with Crippen LogP contribution in [0, 0.1) is 0 Å². The van der Waals surface area contributed by atoms with E-state index in [9.17, 15) is 0 Å². The van der Waals surface area contributed by atoms with Crippen molar-refractivity contribution in [2.45, 2.75) is 38.5 Å². The molecule has 0 fully saturated rings. The van der Waals surface area contributed by atoms with Crippen LogP contribution in [0.15, 0.2) is 170 Å². The van der Waals surface area contributed by atoms with Crippen LogP contribution in [-0.2, 0) is 10.8 Å². The lowest BCUT2D eigenvalue weighted by atomic mass is 9.81. The Kier molecular flexibility index (Phi) is 7.41.